The number of aryl methyl sites for hydroxylation is 1. The van der Waals surface area contributed by atoms with Crippen molar-refractivity contribution in [2.24, 2.45) is 0 Å². The van der Waals surface area contributed by atoms with Crippen LogP contribution in [0.3, 0.4) is 0 Å². The number of nitrogens with one attached hydrogen (secondary N) is 1. The van der Waals surface area contributed by atoms with Crippen LogP contribution in [0.25, 0.3) is 11.0 Å². The number of amides is 1. The van der Waals surface area contributed by atoms with Gasteiger partial charge in [0.2, 0.25) is 0 Å². The lowest BCUT2D eigenvalue weighted by Gasteiger charge is -2.28. The maximum atomic E-state index is 12.8. The molecular formula is C25H32ClN3O3. The molecule has 0 radical (unpaired) electrons. The number of rotatable bonds is 7. The molecule has 1 N–H and O–H groups in total. The van der Waals surface area contributed by atoms with Gasteiger partial charge in [-0.3, -0.25) is 9.48 Å². The van der Waals surface area contributed by atoms with Gasteiger partial charge in [-0.1, -0.05) is 25.4 Å². The molecule has 1 amide bonds. The Morgan fingerprint density at radius 1 is 1.25 bits per heavy atom. The van der Waals surface area contributed by atoms with Crippen LogP contribution in [0.5, 0.6) is 0 Å². The first-order valence-electron chi connectivity index (χ1n) is 11.5. The number of nitrogens with zero attached hydrogens (tertiary/aromatic N) is 2. The second-order valence-electron chi connectivity index (χ2n) is 9.02. The molecule has 172 valence electrons. The number of ether oxygens (including phenoxy) is 1. The third kappa shape index (κ3) is 5.02. The monoisotopic (exact) mass is 457 g/mol. The van der Waals surface area contributed by atoms with Gasteiger partial charge in [0, 0.05) is 40.2 Å². The van der Waals surface area contributed by atoms with Crippen molar-refractivity contribution in [2.75, 3.05) is 6.61 Å². The second kappa shape index (κ2) is 9.67. The van der Waals surface area contributed by atoms with E-state index in [4.69, 9.17) is 20.8 Å². The molecule has 2 heterocycles. The van der Waals surface area contributed by atoms with E-state index in [1.54, 1.807) is 0 Å². The Balaban J connectivity index is 1.48. The first-order chi connectivity index (χ1) is 15.3. The van der Waals surface area contributed by atoms with Crippen molar-refractivity contribution in [1.82, 2.24) is 15.1 Å². The molecule has 1 aromatic carbocycles. The second-order valence-corrected chi connectivity index (χ2v) is 9.45. The third-order valence-corrected chi connectivity index (χ3v) is 6.41. The minimum Gasteiger partial charge on any atom is -0.460 e. The summed E-state index contributed by atoms with van der Waals surface area (Å²) in [6.07, 6.45) is 4.17. The number of aromatic nitrogens is 2. The fraction of sp³-hybridized carbons (Fsp3) is 0.520. The van der Waals surface area contributed by atoms with Gasteiger partial charge in [-0.25, -0.2) is 0 Å². The lowest BCUT2D eigenvalue weighted by Crippen LogP contribution is -2.39. The molecule has 0 aliphatic heterocycles. The van der Waals surface area contributed by atoms with Crippen molar-refractivity contribution in [3.63, 3.8) is 0 Å². The molecule has 1 saturated carbocycles. The highest BCUT2D eigenvalue weighted by Gasteiger charge is 2.24. The van der Waals surface area contributed by atoms with E-state index in [0.29, 0.717) is 29.3 Å². The third-order valence-electron chi connectivity index (χ3n) is 6.19. The van der Waals surface area contributed by atoms with Crippen molar-refractivity contribution in [3.05, 3.63) is 52.0 Å². The summed E-state index contributed by atoms with van der Waals surface area (Å²) >= 11 is 6.37. The summed E-state index contributed by atoms with van der Waals surface area (Å²) in [5.74, 6) is 1.10. The van der Waals surface area contributed by atoms with Crippen LogP contribution in [0.15, 0.2) is 28.7 Å². The fourth-order valence-electron chi connectivity index (χ4n) is 4.42. The van der Waals surface area contributed by atoms with Crippen LogP contribution in [0.4, 0.5) is 0 Å². The Labute approximate surface area is 194 Å². The van der Waals surface area contributed by atoms with Crippen molar-refractivity contribution in [1.29, 1.82) is 0 Å². The molecule has 6 nitrogen and oxygen atoms in total. The summed E-state index contributed by atoms with van der Waals surface area (Å²) in [4.78, 5) is 12.8. The average molecular weight is 458 g/mol. The smallest absolute Gasteiger partial charge is 0.272 e. The van der Waals surface area contributed by atoms with Crippen LogP contribution in [-0.4, -0.2) is 34.4 Å². The lowest BCUT2D eigenvalue weighted by atomic mass is 9.93. The normalized spacial score (nSPS) is 19.1. The molecule has 1 aliphatic rings. The predicted molar refractivity (Wildman–Crippen MR) is 127 cm³/mol. The molecular weight excluding hydrogens is 426 g/mol. The van der Waals surface area contributed by atoms with Crippen molar-refractivity contribution >= 4 is 28.5 Å². The Morgan fingerprint density at radius 2 is 2.00 bits per heavy atom. The summed E-state index contributed by atoms with van der Waals surface area (Å²) < 4.78 is 13.7. The van der Waals surface area contributed by atoms with Gasteiger partial charge in [0.1, 0.15) is 17.0 Å². The highest BCUT2D eigenvalue weighted by molar-refractivity contribution is 6.31. The molecule has 0 bridgehead atoms. The van der Waals surface area contributed by atoms with Crippen LogP contribution in [0.1, 0.15) is 79.9 Å². The van der Waals surface area contributed by atoms with Crippen LogP contribution in [0, 0.1) is 6.92 Å². The Kier molecular flexibility index (Phi) is 6.91. The predicted octanol–water partition coefficient (Wildman–Crippen LogP) is 5.84. The van der Waals surface area contributed by atoms with Crippen LogP contribution in [-0.2, 0) is 11.3 Å². The number of carbonyl (C=O) groups excluding carboxylic acids is 1. The van der Waals surface area contributed by atoms with E-state index in [1.165, 1.54) is 0 Å². The first kappa shape index (κ1) is 22.9. The van der Waals surface area contributed by atoms with Crippen LogP contribution in [0.2, 0.25) is 5.02 Å². The molecule has 3 aromatic rings. The summed E-state index contributed by atoms with van der Waals surface area (Å²) in [6.45, 7) is 9.42. The van der Waals surface area contributed by atoms with Crippen molar-refractivity contribution in [2.45, 2.75) is 78.0 Å². The van der Waals surface area contributed by atoms with Crippen LogP contribution >= 0.6 is 11.6 Å². The Morgan fingerprint density at radius 3 is 2.69 bits per heavy atom. The van der Waals surface area contributed by atoms with Gasteiger partial charge in [0.15, 0.2) is 0 Å². The van der Waals surface area contributed by atoms with Gasteiger partial charge < -0.3 is 14.5 Å². The van der Waals surface area contributed by atoms with E-state index in [1.807, 2.05) is 42.8 Å². The highest BCUT2D eigenvalue weighted by Crippen LogP contribution is 2.31. The molecule has 0 spiro atoms. The molecule has 2 aromatic heterocycles. The number of halogens is 1. The van der Waals surface area contributed by atoms with Gasteiger partial charge in [0.25, 0.3) is 5.91 Å². The molecule has 7 heteroatoms. The van der Waals surface area contributed by atoms with Gasteiger partial charge >= 0.3 is 0 Å². The number of hydrogen-bond acceptors (Lipinski definition) is 4. The standard InChI is InChI=1S/C25H32ClN3O3/c1-5-31-21-8-6-20(7-9-21)27-25(30)22-10-16(4)29(28-22)14-18-12-19(26)11-17-13-23(15(2)3)32-24(17)18/h10-13,15,20-21H,5-9,14H2,1-4H3,(H,27,30)/t20-,21-. The maximum absolute atomic E-state index is 12.8. The zero-order chi connectivity index (χ0) is 22.8. The Hall–Kier alpha value is -2.31. The quantitative estimate of drug-likeness (QED) is 0.483. The zero-order valence-electron chi connectivity index (χ0n) is 19.3. The van der Waals surface area contributed by atoms with E-state index in [0.717, 1.165) is 60.3 Å². The first-order valence-corrected chi connectivity index (χ1v) is 11.9. The molecule has 0 unspecified atom stereocenters. The number of hydrogen-bond donors (Lipinski definition) is 1. The molecule has 32 heavy (non-hydrogen) atoms. The number of fused-ring (bicyclic) bond motifs is 1. The summed E-state index contributed by atoms with van der Waals surface area (Å²) in [7, 11) is 0. The number of furan rings is 1. The van der Waals surface area contributed by atoms with E-state index in [2.05, 4.69) is 24.3 Å². The van der Waals surface area contributed by atoms with Crippen LogP contribution < -0.4 is 5.32 Å². The molecule has 1 fully saturated rings. The minimum absolute atomic E-state index is 0.122. The summed E-state index contributed by atoms with van der Waals surface area (Å²) in [5.41, 5.74) is 3.13. The average Bonchev–Trinajstić information content (AvgIpc) is 3.34. The Bertz CT molecular complexity index is 1090. The molecule has 0 saturated heterocycles. The van der Waals surface area contributed by atoms with E-state index in [-0.39, 0.29) is 11.9 Å². The van der Waals surface area contributed by atoms with E-state index < -0.39 is 0 Å². The van der Waals surface area contributed by atoms with Crippen molar-refractivity contribution < 1.29 is 13.9 Å². The SMILES string of the molecule is CCO[C@H]1CC[C@H](NC(=O)c2cc(C)n(Cc3cc(Cl)cc4cc(C(C)C)oc34)n2)CC1. The molecule has 4 rings (SSSR count). The number of benzene rings is 1. The largest absolute Gasteiger partial charge is 0.460 e. The zero-order valence-corrected chi connectivity index (χ0v) is 20.0. The molecule has 1 aliphatic carbocycles. The van der Waals surface area contributed by atoms with Gasteiger partial charge in [-0.2, -0.15) is 5.10 Å². The van der Waals surface area contributed by atoms with Gasteiger partial charge in [-0.05, 0) is 63.8 Å². The van der Waals surface area contributed by atoms with E-state index >= 15 is 0 Å². The fourth-order valence-corrected chi connectivity index (χ4v) is 4.67. The van der Waals surface area contributed by atoms with Gasteiger partial charge in [-0.15, -0.1) is 0 Å². The molecule has 0 atom stereocenters. The maximum Gasteiger partial charge on any atom is 0.272 e. The van der Waals surface area contributed by atoms with Crippen molar-refractivity contribution in [3.8, 4) is 0 Å². The summed E-state index contributed by atoms with van der Waals surface area (Å²) in [6, 6.07) is 7.89. The van der Waals surface area contributed by atoms with E-state index in [9.17, 15) is 4.79 Å². The van der Waals surface area contributed by atoms with Gasteiger partial charge in [0.05, 0.1) is 12.6 Å². The highest BCUT2D eigenvalue weighted by atomic mass is 35.5. The lowest BCUT2D eigenvalue weighted by molar-refractivity contribution is 0.0300. The topological polar surface area (TPSA) is 69.3 Å². The number of carbonyl (C=O) groups is 1. The minimum atomic E-state index is -0.122. The summed E-state index contributed by atoms with van der Waals surface area (Å²) in [5, 5.41) is 9.38.